The van der Waals surface area contributed by atoms with Crippen LogP contribution in [0.3, 0.4) is 0 Å². The van der Waals surface area contributed by atoms with Crippen molar-refractivity contribution in [3.05, 3.63) is 84.2 Å². The molecule has 0 saturated heterocycles. The van der Waals surface area contributed by atoms with Crippen LogP contribution < -0.4 is 0 Å². The van der Waals surface area contributed by atoms with Gasteiger partial charge in [-0.15, -0.1) is 0 Å². The Morgan fingerprint density at radius 1 is 1.00 bits per heavy atom. The molecule has 3 rings (SSSR count). The van der Waals surface area contributed by atoms with Crippen molar-refractivity contribution >= 4 is 5.57 Å². The third-order valence-electron chi connectivity index (χ3n) is 3.43. The molecule has 1 aliphatic carbocycles. The van der Waals surface area contributed by atoms with Crippen molar-refractivity contribution in [3.8, 4) is 0 Å². The zero-order valence-corrected chi connectivity index (χ0v) is 10.5. The van der Waals surface area contributed by atoms with Crippen LogP contribution in [0.25, 0.3) is 5.57 Å². The summed E-state index contributed by atoms with van der Waals surface area (Å²) in [7, 11) is 0. The molecular formula is C17H15NO. The quantitative estimate of drug-likeness (QED) is 0.885. The summed E-state index contributed by atoms with van der Waals surface area (Å²) in [6, 6.07) is 15.6. The first-order valence-electron chi connectivity index (χ1n) is 6.37. The van der Waals surface area contributed by atoms with Gasteiger partial charge in [0.05, 0.1) is 5.69 Å². The largest absolute Gasteiger partial charge is 0.378 e. The molecule has 0 saturated carbocycles. The minimum Gasteiger partial charge on any atom is -0.378 e. The first-order chi connectivity index (χ1) is 9.31. The number of nitrogens with zero attached hydrogens (tertiary/aromatic N) is 1. The smallest absolute Gasteiger partial charge is 0.135 e. The van der Waals surface area contributed by atoms with Crippen LogP contribution in [0.2, 0.25) is 0 Å². The second-order valence-corrected chi connectivity index (χ2v) is 4.65. The number of pyridine rings is 1. The number of hydrogen-bond donors (Lipinski definition) is 1. The van der Waals surface area contributed by atoms with Gasteiger partial charge in [-0.3, -0.25) is 4.98 Å². The molecule has 0 aliphatic heterocycles. The van der Waals surface area contributed by atoms with Crippen molar-refractivity contribution in [2.24, 2.45) is 0 Å². The summed E-state index contributed by atoms with van der Waals surface area (Å²) in [5.74, 6) is 0. The first kappa shape index (κ1) is 11.9. The zero-order valence-electron chi connectivity index (χ0n) is 10.5. The Balaban J connectivity index is 2.11. The summed E-state index contributed by atoms with van der Waals surface area (Å²) in [5, 5.41) is 11.1. The maximum Gasteiger partial charge on any atom is 0.135 e. The van der Waals surface area contributed by atoms with E-state index in [-0.39, 0.29) is 0 Å². The summed E-state index contributed by atoms with van der Waals surface area (Å²) >= 11 is 0. The molecule has 1 N–H and O–H groups in total. The van der Waals surface area contributed by atoms with Gasteiger partial charge in [-0.05, 0) is 23.3 Å². The molecule has 2 nitrogen and oxygen atoms in total. The minimum absolute atomic E-state index is 0.546. The Labute approximate surface area is 112 Å². The molecule has 19 heavy (non-hydrogen) atoms. The van der Waals surface area contributed by atoms with Gasteiger partial charge in [0.1, 0.15) is 5.60 Å². The van der Waals surface area contributed by atoms with Crippen LogP contribution in [0.15, 0.2) is 73.0 Å². The van der Waals surface area contributed by atoms with Crippen LogP contribution in [0.1, 0.15) is 17.7 Å². The Morgan fingerprint density at radius 2 is 1.79 bits per heavy atom. The lowest BCUT2D eigenvalue weighted by Gasteiger charge is -2.31. The molecule has 0 spiro atoms. The van der Waals surface area contributed by atoms with E-state index >= 15 is 0 Å². The second-order valence-electron chi connectivity index (χ2n) is 4.65. The predicted octanol–water partition coefficient (Wildman–Crippen LogP) is 3.31. The Morgan fingerprint density at radius 3 is 2.53 bits per heavy atom. The normalized spacial score (nSPS) is 22.1. The standard InChI is InChI=1S/C17H15NO/c19-17(16-11-5-7-13-18-16)12-6-4-10-15(17)14-8-2-1-3-9-14/h1-11,13,19H,12H2. The lowest BCUT2D eigenvalue weighted by molar-refractivity contribution is 0.0981. The maximum atomic E-state index is 11.1. The third kappa shape index (κ3) is 2.11. The molecule has 1 aromatic carbocycles. The first-order valence-corrected chi connectivity index (χ1v) is 6.37. The number of hydrogen-bond acceptors (Lipinski definition) is 2. The highest BCUT2D eigenvalue weighted by Crippen LogP contribution is 2.40. The molecule has 0 radical (unpaired) electrons. The SMILES string of the molecule is OC1(c2ccccn2)CC=CC=C1c1ccccc1. The van der Waals surface area contributed by atoms with E-state index in [9.17, 15) is 5.11 Å². The van der Waals surface area contributed by atoms with Crippen LogP contribution in [0, 0.1) is 0 Å². The predicted molar refractivity (Wildman–Crippen MR) is 76.3 cm³/mol. The molecule has 1 aromatic heterocycles. The van der Waals surface area contributed by atoms with Gasteiger partial charge < -0.3 is 5.11 Å². The van der Waals surface area contributed by atoms with Gasteiger partial charge in [0.15, 0.2) is 0 Å². The molecule has 2 aromatic rings. The Kier molecular flexibility index (Phi) is 3.02. The van der Waals surface area contributed by atoms with Crippen molar-refractivity contribution in [2.75, 3.05) is 0 Å². The molecule has 1 aliphatic rings. The van der Waals surface area contributed by atoms with Crippen LogP contribution in [0.4, 0.5) is 0 Å². The third-order valence-corrected chi connectivity index (χ3v) is 3.43. The van der Waals surface area contributed by atoms with E-state index in [2.05, 4.69) is 4.98 Å². The molecule has 94 valence electrons. The van der Waals surface area contributed by atoms with Crippen molar-refractivity contribution < 1.29 is 5.11 Å². The van der Waals surface area contributed by atoms with Crippen LogP contribution >= 0.6 is 0 Å². The fourth-order valence-electron chi connectivity index (χ4n) is 2.45. The van der Waals surface area contributed by atoms with Crippen molar-refractivity contribution in [3.63, 3.8) is 0 Å². The van der Waals surface area contributed by atoms with E-state index < -0.39 is 5.60 Å². The Bertz CT molecular complexity index is 616. The van der Waals surface area contributed by atoms with E-state index in [1.54, 1.807) is 6.20 Å². The summed E-state index contributed by atoms with van der Waals surface area (Å²) in [6.45, 7) is 0. The average molecular weight is 249 g/mol. The highest BCUT2D eigenvalue weighted by atomic mass is 16.3. The zero-order chi connectivity index (χ0) is 13.1. The molecule has 0 amide bonds. The fraction of sp³-hybridized carbons (Fsp3) is 0.118. The van der Waals surface area contributed by atoms with Crippen LogP contribution in [0.5, 0.6) is 0 Å². The van der Waals surface area contributed by atoms with Crippen LogP contribution in [-0.4, -0.2) is 10.1 Å². The maximum absolute atomic E-state index is 11.1. The Hall–Kier alpha value is -2.19. The highest BCUT2D eigenvalue weighted by molar-refractivity contribution is 5.75. The van der Waals surface area contributed by atoms with E-state index in [1.165, 1.54) is 0 Å². The average Bonchev–Trinajstić information content (AvgIpc) is 2.49. The van der Waals surface area contributed by atoms with Crippen LogP contribution in [-0.2, 0) is 5.60 Å². The molecule has 1 atom stereocenters. The van der Waals surface area contributed by atoms with E-state index in [4.69, 9.17) is 0 Å². The topological polar surface area (TPSA) is 33.1 Å². The van der Waals surface area contributed by atoms with Gasteiger partial charge in [0.25, 0.3) is 0 Å². The summed E-state index contributed by atoms with van der Waals surface area (Å²) < 4.78 is 0. The van der Waals surface area contributed by atoms with Gasteiger partial charge in [0.2, 0.25) is 0 Å². The molecule has 1 heterocycles. The monoisotopic (exact) mass is 249 g/mol. The molecule has 0 fully saturated rings. The van der Waals surface area contributed by atoms with Gasteiger partial charge in [-0.2, -0.15) is 0 Å². The lowest BCUT2D eigenvalue weighted by Crippen LogP contribution is -2.29. The minimum atomic E-state index is -1.04. The van der Waals surface area contributed by atoms with Gasteiger partial charge in [-0.1, -0.05) is 54.6 Å². The van der Waals surface area contributed by atoms with Gasteiger partial charge in [-0.25, -0.2) is 0 Å². The number of rotatable bonds is 2. The lowest BCUT2D eigenvalue weighted by atomic mass is 9.80. The second kappa shape index (κ2) is 4.82. The van der Waals surface area contributed by atoms with Gasteiger partial charge >= 0.3 is 0 Å². The molecular weight excluding hydrogens is 234 g/mol. The number of aliphatic hydroxyl groups is 1. The van der Waals surface area contributed by atoms with E-state index in [0.29, 0.717) is 12.1 Å². The summed E-state index contributed by atoms with van der Waals surface area (Å²) in [5.41, 5.74) is 1.57. The van der Waals surface area contributed by atoms with E-state index in [1.807, 2.05) is 66.8 Å². The van der Waals surface area contributed by atoms with E-state index in [0.717, 1.165) is 11.1 Å². The fourth-order valence-corrected chi connectivity index (χ4v) is 2.45. The van der Waals surface area contributed by atoms with Crippen molar-refractivity contribution in [1.29, 1.82) is 0 Å². The number of benzene rings is 1. The van der Waals surface area contributed by atoms with Crippen molar-refractivity contribution in [2.45, 2.75) is 12.0 Å². The summed E-state index contributed by atoms with van der Waals surface area (Å²) in [6.07, 6.45) is 8.19. The molecule has 0 bridgehead atoms. The van der Waals surface area contributed by atoms with Gasteiger partial charge in [0, 0.05) is 12.6 Å². The molecule has 2 heteroatoms. The highest BCUT2D eigenvalue weighted by Gasteiger charge is 2.35. The van der Waals surface area contributed by atoms with Crippen molar-refractivity contribution in [1.82, 2.24) is 4.98 Å². The number of allylic oxidation sites excluding steroid dienone is 2. The molecule has 1 unspecified atom stereocenters. The summed E-state index contributed by atoms with van der Waals surface area (Å²) in [4.78, 5) is 4.33. The number of aromatic nitrogens is 1.